The summed E-state index contributed by atoms with van der Waals surface area (Å²) in [6, 6.07) is 0. The molecule has 0 aromatic heterocycles. The van der Waals surface area contributed by atoms with Crippen molar-refractivity contribution in [3.63, 3.8) is 0 Å². The molecule has 2 nitrogen and oxygen atoms in total. The molecule has 0 atom stereocenters. The van der Waals surface area contributed by atoms with Crippen molar-refractivity contribution in [3.8, 4) is 0 Å². The molecule has 46 valence electrons. The molecule has 0 aliphatic heterocycles. The van der Waals surface area contributed by atoms with E-state index in [4.69, 9.17) is 10.2 Å². The van der Waals surface area contributed by atoms with Crippen LogP contribution in [0.2, 0.25) is 0 Å². The van der Waals surface area contributed by atoms with E-state index < -0.39 is 0 Å². The number of aliphatic hydroxyl groups excluding tert-OH is 2. The van der Waals surface area contributed by atoms with Gasteiger partial charge in [-0.05, 0) is 6.42 Å². The largest absolute Gasteiger partial charge is 0.508 e. The highest BCUT2D eigenvalue weighted by Crippen LogP contribution is 2.37. The van der Waals surface area contributed by atoms with Crippen LogP contribution in [0.25, 0.3) is 0 Å². The van der Waals surface area contributed by atoms with Crippen molar-refractivity contribution in [1.82, 2.24) is 0 Å². The molecule has 0 saturated heterocycles. The minimum Gasteiger partial charge on any atom is -0.508 e. The van der Waals surface area contributed by atoms with Crippen LogP contribution in [0.1, 0.15) is 19.8 Å². The van der Waals surface area contributed by atoms with Crippen LogP contribution in [0.5, 0.6) is 0 Å². The average molecular weight is 114 g/mol. The first kappa shape index (κ1) is 5.48. The predicted octanol–water partition coefficient (Wildman–Crippen LogP) is 1.74. The number of aliphatic hydroxyl groups is 2. The second-order valence-electron chi connectivity index (χ2n) is 2.11. The summed E-state index contributed by atoms with van der Waals surface area (Å²) in [6.07, 6.45) is 1.90. The molecule has 2 N–H and O–H groups in total. The van der Waals surface area contributed by atoms with Crippen molar-refractivity contribution in [3.05, 3.63) is 11.5 Å². The predicted molar refractivity (Wildman–Crippen MR) is 30.7 cm³/mol. The maximum Gasteiger partial charge on any atom is 0.141 e. The molecule has 0 saturated carbocycles. The number of hydrogen-bond acceptors (Lipinski definition) is 2. The van der Waals surface area contributed by atoms with Crippen molar-refractivity contribution in [2.75, 3.05) is 0 Å². The quantitative estimate of drug-likeness (QED) is 0.574. The van der Waals surface area contributed by atoms with Gasteiger partial charge in [-0.15, -0.1) is 0 Å². The fraction of sp³-hybridized carbons (Fsp3) is 0.667. The molecule has 0 aromatic carbocycles. The summed E-state index contributed by atoms with van der Waals surface area (Å²) >= 11 is 0. The minimum absolute atomic E-state index is 0.0278. The van der Waals surface area contributed by atoms with E-state index >= 15 is 0 Å². The van der Waals surface area contributed by atoms with Gasteiger partial charge in [-0.1, -0.05) is 13.3 Å². The second-order valence-corrected chi connectivity index (χ2v) is 2.11. The summed E-state index contributed by atoms with van der Waals surface area (Å²) in [4.78, 5) is 0. The van der Waals surface area contributed by atoms with Gasteiger partial charge in [0.05, 0.1) is 5.92 Å². The minimum atomic E-state index is 0.0278. The summed E-state index contributed by atoms with van der Waals surface area (Å²) in [5, 5.41) is 17.3. The third kappa shape index (κ3) is 0.661. The standard InChI is InChI=1S/C6H10O2/c1-2-3-4-5(7)6(4)8/h4,7-8H,2-3H2,1H3. The van der Waals surface area contributed by atoms with Crippen LogP contribution < -0.4 is 0 Å². The van der Waals surface area contributed by atoms with E-state index in [1.807, 2.05) is 6.92 Å². The molecule has 2 heteroatoms. The Kier molecular flexibility index (Phi) is 1.16. The summed E-state index contributed by atoms with van der Waals surface area (Å²) in [5.41, 5.74) is 0. The molecule has 8 heavy (non-hydrogen) atoms. The lowest BCUT2D eigenvalue weighted by molar-refractivity contribution is 0.400. The van der Waals surface area contributed by atoms with Crippen molar-refractivity contribution in [2.24, 2.45) is 5.92 Å². The highest BCUT2D eigenvalue weighted by atomic mass is 16.3. The normalized spacial score (nSPS) is 19.6. The zero-order valence-electron chi connectivity index (χ0n) is 4.89. The Balaban J connectivity index is 2.21. The van der Waals surface area contributed by atoms with E-state index in [0.29, 0.717) is 0 Å². The second kappa shape index (κ2) is 1.69. The first-order valence-corrected chi connectivity index (χ1v) is 2.89. The van der Waals surface area contributed by atoms with Crippen LogP contribution >= 0.6 is 0 Å². The first-order valence-electron chi connectivity index (χ1n) is 2.89. The van der Waals surface area contributed by atoms with Crippen molar-refractivity contribution in [2.45, 2.75) is 19.8 Å². The van der Waals surface area contributed by atoms with E-state index in [2.05, 4.69) is 0 Å². The molecule has 0 bridgehead atoms. The van der Waals surface area contributed by atoms with Crippen LogP contribution in [0, 0.1) is 5.92 Å². The average Bonchev–Trinajstić information content (AvgIpc) is 2.25. The Hall–Kier alpha value is -0.660. The maximum absolute atomic E-state index is 8.66. The third-order valence-corrected chi connectivity index (χ3v) is 1.42. The summed E-state index contributed by atoms with van der Waals surface area (Å²) in [7, 11) is 0. The van der Waals surface area contributed by atoms with Gasteiger partial charge >= 0.3 is 0 Å². The van der Waals surface area contributed by atoms with Crippen LogP contribution in [0.15, 0.2) is 11.5 Å². The lowest BCUT2D eigenvalue weighted by Crippen LogP contribution is -1.80. The summed E-state index contributed by atoms with van der Waals surface area (Å²) < 4.78 is 0. The molecular weight excluding hydrogens is 104 g/mol. The lowest BCUT2D eigenvalue weighted by Gasteiger charge is -1.87. The van der Waals surface area contributed by atoms with E-state index in [1.165, 1.54) is 0 Å². The topological polar surface area (TPSA) is 40.5 Å². The van der Waals surface area contributed by atoms with Gasteiger partial charge < -0.3 is 10.2 Å². The van der Waals surface area contributed by atoms with Gasteiger partial charge in [0.15, 0.2) is 0 Å². The lowest BCUT2D eigenvalue weighted by atomic mass is 10.2. The van der Waals surface area contributed by atoms with Gasteiger partial charge in [0.1, 0.15) is 11.5 Å². The van der Waals surface area contributed by atoms with Gasteiger partial charge in [0.2, 0.25) is 0 Å². The van der Waals surface area contributed by atoms with Crippen molar-refractivity contribution < 1.29 is 10.2 Å². The van der Waals surface area contributed by atoms with Gasteiger partial charge in [-0.2, -0.15) is 0 Å². The van der Waals surface area contributed by atoms with Crippen molar-refractivity contribution in [1.29, 1.82) is 0 Å². The van der Waals surface area contributed by atoms with E-state index in [9.17, 15) is 0 Å². The highest BCUT2D eigenvalue weighted by molar-refractivity contribution is 5.27. The molecule has 0 fully saturated rings. The molecule has 1 rings (SSSR count). The molecule has 0 heterocycles. The van der Waals surface area contributed by atoms with E-state index in [-0.39, 0.29) is 17.4 Å². The van der Waals surface area contributed by atoms with Gasteiger partial charge in [-0.25, -0.2) is 0 Å². The Morgan fingerprint density at radius 3 is 2.00 bits per heavy atom. The monoisotopic (exact) mass is 114 g/mol. The highest BCUT2D eigenvalue weighted by Gasteiger charge is 2.35. The molecule has 0 aromatic rings. The Morgan fingerprint density at radius 2 is 1.88 bits per heavy atom. The Bertz CT molecular complexity index is 114. The number of rotatable bonds is 2. The van der Waals surface area contributed by atoms with Crippen molar-refractivity contribution >= 4 is 0 Å². The SMILES string of the molecule is CCCC1C(O)=C1O. The smallest absolute Gasteiger partial charge is 0.141 e. The van der Waals surface area contributed by atoms with Crippen LogP contribution in [0.3, 0.4) is 0 Å². The number of allylic oxidation sites excluding steroid dienone is 2. The number of hydrogen-bond donors (Lipinski definition) is 2. The molecule has 1 aliphatic rings. The summed E-state index contributed by atoms with van der Waals surface area (Å²) in [6.45, 7) is 2.03. The van der Waals surface area contributed by atoms with E-state index in [1.54, 1.807) is 0 Å². The zero-order valence-corrected chi connectivity index (χ0v) is 4.89. The van der Waals surface area contributed by atoms with Crippen LogP contribution in [0.4, 0.5) is 0 Å². The molecule has 1 aliphatic carbocycles. The summed E-state index contributed by atoms with van der Waals surface area (Å²) in [5.74, 6) is 0.429. The Morgan fingerprint density at radius 1 is 1.38 bits per heavy atom. The first-order chi connectivity index (χ1) is 3.77. The molecule has 0 radical (unpaired) electrons. The maximum atomic E-state index is 8.66. The molecule has 0 unspecified atom stereocenters. The fourth-order valence-corrected chi connectivity index (χ4v) is 0.806. The Labute approximate surface area is 48.5 Å². The third-order valence-electron chi connectivity index (χ3n) is 1.42. The molecule has 0 spiro atoms. The van der Waals surface area contributed by atoms with E-state index in [0.717, 1.165) is 12.8 Å². The molecule has 0 amide bonds. The van der Waals surface area contributed by atoms with Gasteiger partial charge in [0, 0.05) is 0 Å². The van der Waals surface area contributed by atoms with Gasteiger partial charge in [0.25, 0.3) is 0 Å². The fourth-order valence-electron chi connectivity index (χ4n) is 0.806. The van der Waals surface area contributed by atoms with Crippen LogP contribution in [-0.2, 0) is 0 Å². The zero-order chi connectivity index (χ0) is 6.15. The van der Waals surface area contributed by atoms with Crippen LogP contribution in [-0.4, -0.2) is 10.2 Å². The van der Waals surface area contributed by atoms with Gasteiger partial charge in [-0.3, -0.25) is 0 Å². The molecular formula is C6H10O2.